The first-order valence-electron chi connectivity index (χ1n) is 11.2. The summed E-state index contributed by atoms with van der Waals surface area (Å²) in [6.45, 7) is 2.21. The normalized spacial score (nSPS) is 20.6. The molecule has 0 radical (unpaired) electrons. The molecule has 166 valence electrons. The molecule has 0 aliphatic heterocycles. The lowest BCUT2D eigenvalue weighted by Crippen LogP contribution is -2.07. The average Bonchev–Trinajstić information content (AvgIpc) is 3.54. The number of hydrogen-bond donors (Lipinski definition) is 0. The van der Waals surface area contributed by atoms with Crippen LogP contribution in [0.25, 0.3) is 11.1 Å². The number of carbonyl (C=O) groups excluding carboxylic acids is 1. The lowest BCUT2D eigenvalue weighted by Gasteiger charge is -2.17. The van der Waals surface area contributed by atoms with Gasteiger partial charge < -0.3 is 9.47 Å². The number of fused-ring (bicyclic) bond motifs is 1. The molecule has 1 heterocycles. The van der Waals surface area contributed by atoms with Crippen molar-refractivity contribution in [3.63, 3.8) is 0 Å². The maximum absolute atomic E-state index is 14.9. The second-order valence-electron chi connectivity index (χ2n) is 8.41. The second kappa shape index (κ2) is 8.67. The molecule has 1 fully saturated rings. The molecule has 6 heteroatoms. The van der Waals surface area contributed by atoms with E-state index in [1.54, 1.807) is 18.3 Å². The SMILES string of the molecule is CCOC(=O)[C@H]1CC1c1ccc(OC2CCc3c(-c4cccnc4C#N)ccc(F)c32)cc1. The molecular formula is C27H23FN2O3. The number of nitrogens with zero attached hydrogens (tertiary/aromatic N) is 2. The van der Waals surface area contributed by atoms with Gasteiger partial charge in [0.2, 0.25) is 0 Å². The molecule has 0 amide bonds. The molecule has 0 saturated heterocycles. The third-order valence-corrected chi connectivity index (χ3v) is 6.45. The number of aromatic nitrogens is 1. The summed E-state index contributed by atoms with van der Waals surface area (Å²) in [4.78, 5) is 16.0. The Hall–Kier alpha value is -3.72. The van der Waals surface area contributed by atoms with Gasteiger partial charge in [-0.3, -0.25) is 4.79 Å². The number of halogens is 1. The van der Waals surface area contributed by atoms with Crippen molar-refractivity contribution < 1.29 is 18.7 Å². The standard InChI is InChI=1S/C27H23FN2O3/c1-2-32-27(31)22-14-21(22)16-5-7-17(8-6-16)33-25-12-10-20-18(9-11-23(28)26(20)25)19-4-3-13-30-24(19)15-29/h3-9,11,13,21-22,25H,2,10,12,14H2,1H3/t21?,22-,25?/m0/s1. The second-order valence-corrected chi connectivity index (χ2v) is 8.41. The van der Waals surface area contributed by atoms with E-state index < -0.39 is 6.10 Å². The van der Waals surface area contributed by atoms with Crippen molar-refractivity contribution >= 4 is 5.97 Å². The van der Waals surface area contributed by atoms with Crippen LogP contribution in [0, 0.1) is 23.1 Å². The fraction of sp³-hybridized carbons (Fsp3) is 0.296. The van der Waals surface area contributed by atoms with Crippen molar-refractivity contribution in [1.82, 2.24) is 4.98 Å². The first kappa shape index (κ1) is 21.1. The van der Waals surface area contributed by atoms with E-state index in [2.05, 4.69) is 11.1 Å². The van der Waals surface area contributed by atoms with Gasteiger partial charge in [0.05, 0.1) is 12.5 Å². The van der Waals surface area contributed by atoms with Crippen LogP contribution in [0.15, 0.2) is 54.7 Å². The number of ether oxygens (including phenoxy) is 2. The van der Waals surface area contributed by atoms with Gasteiger partial charge in [-0.15, -0.1) is 0 Å². The highest BCUT2D eigenvalue weighted by Gasteiger charge is 2.45. The predicted octanol–water partition coefficient (Wildman–Crippen LogP) is 5.49. The van der Waals surface area contributed by atoms with E-state index in [4.69, 9.17) is 9.47 Å². The van der Waals surface area contributed by atoms with Crippen LogP contribution < -0.4 is 4.74 Å². The monoisotopic (exact) mass is 442 g/mol. The molecule has 0 N–H and O–H groups in total. The van der Waals surface area contributed by atoms with Gasteiger partial charge in [0, 0.05) is 17.3 Å². The van der Waals surface area contributed by atoms with Gasteiger partial charge in [-0.05, 0) is 79.1 Å². The molecule has 3 atom stereocenters. The Morgan fingerprint density at radius 1 is 1.18 bits per heavy atom. The highest BCUT2D eigenvalue weighted by molar-refractivity contribution is 5.77. The zero-order chi connectivity index (χ0) is 22.9. The largest absolute Gasteiger partial charge is 0.486 e. The smallest absolute Gasteiger partial charge is 0.309 e. The molecule has 2 aliphatic rings. The van der Waals surface area contributed by atoms with Gasteiger partial charge in [-0.25, -0.2) is 9.37 Å². The quantitative estimate of drug-likeness (QED) is 0.472. The van der Waals surface area contributed by atoms with E-state index in [0.717, 1.165) is 23.1 Å². The molecule has 33 heavy (non-hydrogen) atoms. The summed E-state index contributed by atoms with van der Waals surface area (Å²) in [6.07, 6.45) is 3.30. The summed E-state index contributed by atoms with van der Waals surface area (Å²) in [5.74, 6) is 0.361. The maximum atomic E-state index is 14.9. The molecule has 3 aromatic rings. The van der Waals surface area contributed by atoms with E-state index in [1.165, 1.54) is 6.07 Å². The lowest BCUT2D eigenvalue weighted by atomic mass is 9.95. The Balaban J connectivity index is 1.36. The van der Waals surface area contributed by atoms with Gasteiger partial charge in [0.25, 0.3) is 0 Å². The first-order valence-corrected chi connectivity index (χ1v) is 11.2. The Labute approximate surface area is 191 Å². The molecule has 0 spiro atoms. The Kier molecular flexibility index (Phi) is 5.55. The number of pyridine rings is 1. The van der Waals surface area contributed by atoms with Gasteiger partial charge in [-0.1, -0.05) is 18.2 Å². The molecule has 1 saturated carbocycles. The van der Waals surface area contributed by atoms with Crippen molar-refractivity contribution in [2.45, 2.75) is 38.2 Å². The van der Waals surface area contributed by atoms with Crippen molar-refractivity contribution in [3.05, 3.63) is 82.9 Å². The fourth-order valence-corrected chi connectivity index (χ4v) is 4.79. The highest BCUT2D eigenvalue weighted by atomic mass is 19.1. The number of rotatable bonds is 6. The van der Waals surface area contributed by atoms with Gasteiger partial charge >= 0.3 is 5.97 Å². The molecule has 2 unspecified atom stereocenters. The van der Waals surface area contributed by atoms with Crippen LogP contribution in [0.3, 0.4) is 0 Å². The number of esters is 1. The summed E-state index contributed by atoms with van der Waals surface area (Å²) >= 11 is 0. The Morgan fingerprint density at radius 2 is 2.00 bits per heavy atom. The summed E-state index contributed by atoms with van der Waals surface area (Å²) in [7, 11) is 0. The van der Waals surface area contributed by atoms with Crippen LogP contribution in [-0.4, -0.2) is 17.6 Å². The van der Waals surface area contributed by atoms with Crippen molar-refractivity contribution in [2.75, 3.05) is 6.61 Å². The minimum atomic E-state index is -0.402. The zero-order valence-electron chi connectivity index (χ0n) is 18.3. The number of hydrogen-bond acceptors (Lipinski definition) is 5. The zero-order valence-corrected chi connectivity index (χ0v) is 18.3. The molecule has 5 nitrogen and oxygen atoms in total. The minimum Gasteiger partial charge on any atom is -0.486 e. The van der Waals surface area contributed by atoms with Crippen molar-refractivity contribution in [3.8, 4) is 22.9 Å². The van der Waals surface area contributed by atoms with Crippen LogP contribution in [-0.2, 0) is 16.0 Å². The van der Waals surface area contributed by atoms with Crippen LogP contribution in [0.1, 0.15) is 54.2 Å². The first-order chi connectivity index (χ1) is 16.1. The molecule has 2 aliphatic carbocycles. The van der Waals surface area contributed by atoms with E-state index in [-0.39, 0.29) is 23.6 Å². The highest BCUT2D eigenvalue weighted by Crippen LogP contribution is 2.48. The Bertz CT molecular complexity index is 1250. The van der Waals surface area contributed by atoms with Crippen LogP contribution in [0.4, 0.5) is 4.39 Å². The van der Waals surface area contributed by atoms with Gasteiger partial charge in [-0.2, -0.15) is 5.26 Å². The van der Waals surface area contributed by atoms with E-state index in [0.29, 0.717) is 42.0 Å². The minimum absolute atomic E-state index is 0.0586. The third-order valence-electron chi connectivity index (χ3n) is 6.45. The van der Waals surface area contributed by atoms with Crippen molar-refractivity contribution in [2.24, 2.45) is 5.92 Å². The van der Waals surface area contributed by atoms with Crippen LogP contribution >= 0.6 is 0 Å². The summed E-state index contributed by atoms with van der Waals surface area (Å²) in [6, 6.07) is 16.6. The van der Waals surface area contributed by atoms with Crippen molar-refractivity contribution in [1.29, 1.82) is 5.26 Å². The lowest BCUT2D eigenvalue weighted by molar-refractivity contribution is -0.144. The molecule has 2 aromatic carbocycles. The van der Waals surface area contributed by atoms with E-state index >= 15 is 0 Å². The Morgan fingerprint density at radius 3 is 2.76 bits per heavy atom. The predicted molar refractivity (Wildman–Crippen MR) is 120 cm³/mol. The maximum Gasteiger partial charge on any atom is 0.309 e. The summed E-state index contributed by atoms with van der Waals surface area (Å²) < 4.78 is 26.2. The topological polar surface area (TPSA) is 72.2 Å². The van der Waals surface area contributed by atoms with E-state index in [1.807, 2.05) is 37.3 Å². The summed E-state index contributed by atoms with van der Waals surface area (Å²) in [5, 5.41) is 9.43. The van der Waals surface area contributed by atoms with Crippen LogP contribution in [0.2, 0.25) is 0 Å². The number of benzene rings is 2. The molecule has 5 rings (SSSR count). The fourth-order valence-electron chi connectivity index (χ4n) is 4.79. The molecule has 1 aromatic heterocycles. The van der Waals surface area contributed by atoms with E-state index in [9.17, 15) is 14.4 Å². The van der Waals surface area contributed by atoms with Crippen LogP contribution in [0.5, 0.6) is 5.75 Å². The number of nitriles is 1. The molecule has 0 bridgehead atoms. The number of carbonyl (C=O) groups is 1. The molecular weight excluding hydrogens is 419 g/mol. The average molecular weight is 442 g/mol. The third kappa shape index (κ3) is 3.95. The van der Waals surface area contributed by atoms with Gasteiger partial charge in [0.15, 0.2) is 0 Å². The van der Waals surface area contributed by atoms with Gasteiger partial charge in [0.1, 0.15) is 29.4 Å². The summed E-state index contributed by atoms with van der Waals surface area (Å²) in [5.41, 5.74) is 4.37.